The third-order valence-corrected chi connectivity index (χ3v) is 5.12. The number of hydrogen-bond donors (Lipinski definition) is 3. The Morgan fingerprint density at radius 1 is 1.20 bits per heavy atom. The van der Waals surface area contributed by atoms with Crippen LogP contribution in [-0.4, -0.2) is 48.6 Å². The van der Waals surface area contributed by atoms with E-state index in [1.165, 1.54) is 25.7 Å². The number of benzene rings is 1. The Kier molecular flexibility index (Phi) is 5.91. The highest BCUT2D eigenvalue weighted by Gasteiger charge is 2.30. The number of nitrogens with one attached hydrogen (secondary N) is 3. The van der Waals surface area contributed by atoms with Crippen LogP contribution < -0.4 is 16.0 Å². The van der Waals surface area contributed by atoms with Gasteiger partial charge in [-0.15, -0.1) is 0 Å². The second-order valence-corrected chi connectivity index (χ2v) is 6.96. The lowest BCUT2D eigenvalue weighted by Crippen LogP contribution is -2.41. The molecule has 1 aromatic rings. The number of rotatable bonds is 5. The minimum Gasteiger partial charge on any atom is -0.352 e. The Hall–Kier alpha value is -2.08. The van der Waals surface area contributed by atoms with E-state index in [4.69, 9.17) is 0 Å². The van der Waals surface area contributed by atoms with Crippen molar-refractivity contribution in [2.24, 2.45) is 0 Å². The van der Waals surface area contributed by atoms with Crippen LogP contribution in [0, 0.1) is 0 Å². The molecule has 2 aliphatic rings. The summed E-state index contributed by atoms with van der Waals surface area (Å²) < 4.78 is 0. The van der Waals surface area contributed by atoms with Crippen LogP contribution >= 0.6 is 0 Å². The summed E-state index contributed by atoms with van der Waals surface area (Å²) in [5.41, 5.74) is 1.18. The van der Waals surface area contributed by atoms with Gasteiger partial charge in [-0.3, -0.25) is 9.69 Å². The number of anilines is 1. The molecule has 136 valence electrons. The molecule has 1 saturated heterocycles. The largest absolute Gasteiger partial charge is 0.352 e. The molecular weight excluding hydrogens is 316 g/mol. The minimum absolute atomic E-state index is 0.130. The highest BCUT2D eigenvalue weighted by atomic mass is 16.2. The molecule has 6 heteroatoms. The van der Waals surface area contributed by atoms with Crippen LogP contribution in [0.4, 0.5) is 10.5 Å². The van der Waals surface area contributed by atoms with E-state index in [-0.39, 0.29) is 18.0 Å². The highest BCUT2D eigenvalue weighted by Crippen LogP contribution is 2.26. The number of amides is 3. The molecule has 1 aliphatic heterocycles. The SMILES string of the molecule is CCNC(=O)c1cccc(NC(=O)N[C@@H]2CCN(C3CCCC3)C2)c1. The molecule has 0 radical (unpaired) electrons. The maximum atomic E-state index is 12.3. The third kappa shape index (κ3) is 4.72. The van der Waals surface area contributed by atoms with Crippen LogP contribution in [0.15, 0.2) is 24.3 Å². The molecule has 0 unspecified atom stereocenters. The molecule has 0 spiro atoms. The molecule has 3 amide bonds. The van der Waals surface area contributed by atoms with Gasteiger partial charge in [-0.05, 0) is 44.4 Å². The molecule has 1 saturated carbocycles. The van der Waals surface area contributed by atoms with Crippen molar-refractivity contribution in [2.75, 3.05) is 25.0 Å². The summed E-state index contributed by atoms with van der Waals surface area (Å²) in [6.07, 6.45) is 6.27. The van der Waals surface area contributed by atoms with Gasteiger partial charge in [-0.25, -0.2) is 4.79 Å². The van der Waals surface area contributed by atoms with Gasteiger partial charge >= 0.3 is 6.03 Å². The van der Waals surface area contributed by atoms with Crippen molar-refractivity contribution < 1.29 is 9.59 Å². The lowest BCUT2D eigenvalue weighted by atomic mass is 10.2. The molecule has 6 nitrogen and oxygen atoms in total. The zero-order chi connectivity index (χ0) is 17.6. The number of carbonyl (C=O) groups excluding carboxylic acids is 2. The first-order chi connectivity index (χ1) is 12.2. The van der Waals surface area contributed by atoms with Gasteiger partial charge in [-0.1, -0.05) is 18.9 Å². The first-order valence-electron chi connectivity index (χ1n) is 9.35. The van der Waals surface area contributed by atoms with Gasteiger partial charge in [-0.2, -0.15) is 0 Å². The monoisotopic (exact) mass is 344 g/mol. The summed E-state index contributed by atoms with van der Waals surface area (Å²) >= 11 is 0. The molecule has 0 bridgehead atoms. The topological polar surface area (TPSA) is 73.5 Å². The van der Waals surface area contributed by atoms with Crippen molar-refractivity contribution in [3.8, 4) is 0 Å². The Bertz CT molecular complexity index is 613. The molecule has 1 aliphatic carbocycles. The maximum absolute atomic E-state index is 12.3. The third-order valence-electron chi connectivity index (χ3n) is 5.12. The lowest BCUT2D eigenvalue weighted by Gasteiger charge is -2.23. The molecule has 25 heavy (non-hydrogen) atoms. The second-order valence-electron chi connectivity index (χ2n) is 6.96. The van der Waals surface area contributed by atoms with E-state index in [9.17, 15) is 9.59 Å². The number of hydrogen-bond acceptors (Lipinski definition) is 3. The average Bonchev–Trinajstić information content (AvgIpc) is 3.26. The average molecular weight is 344 g/mol. The molecule has 1 heterocycles. The number of urea groups is 1. The van der Waals surface area contributed by atoms with Crippen molar-refractivity contribution in [2.45, 2.75) is 51.1 Å². The Morgan fingerprint density at radius 2 is 2.00 bits per heavy atom. The van der Waals surface area contributed by atoms with Gasteiger partial charge in [0.25, 0.3) is 5.91 Å². The van der Waals surface area contributed by atoms with E-state index >= 15 is 0 Å². The Morgan fingerprint density at radius 3 is 2.76 bits per heavy atom. The zero-order valence-electron chi connectivity index (χ0n) is 14.9. The highest BCUT2D eigenvalue weighted by molar-refractivity contribution is 5.96. The summed E-state index contributed by atoms with van der Waals surface area (Å²) in [6.45, 7) is 4.47. The molecule has 0 aromatic heterocycles. The summed E-state index contributed by atoms with van der Waals surface area (Å²) in [6, 6.07) is 7.72. The van der Waals surface area contributed by atoms with Crippen LogP contribution in [-0.2, 0) is 0 Å². The molecule has 3 N–H and O–H groups in total. The quantitative estimate of drug-likeness (QED) is 0.769. The normalized spacial score (nSPS) is 21.2. The van der Waals surface area contributed by atoms with Crippen molar-refractivity contribution in [1.29, 1.82) is 0 Å². The van der Waals surface area contributed by atoms with Crippen LogP contribution in [0.25, 0.3) is 0 Å². The van der Waals surface area contributed by atoms with Crippen LogP contribution in [0.2, 0.25) is 0 Å². The summed E-state index contributed by atoms with van der Waals surface area (Å²) in [7, 11) is 0. The fourth-order valence-electron chi connectivity index (χ4n) is 3.86. The van der Waals surface area contributed by atoms with Crippen molar-refractivity contribution in [1.82, 2.24) is 15.5 Å². The van der Waals surface area contributed by atoms with Crippen LogP contribution in [0.3, 0.4) is 0 Å². The van der Waals surface area contributed by atoms with Gasteiger partial charge < -0.3 is 16.0 Å². The van der Waals surface area contributed by atoms with Gasteiger partial charge in [0.05, 0.1) is 0 Å². The van der Waals surface area contributed by atoms with Gasteiger partial charge in [0, 0.05) is 43.0 Å². The molecule has 1 atom stereocenters. The Labute approximate surface area is 149 Å². The smallest absolute Gasteiger partial charge is 0.319 e. The van der Waals surface area contributed by atoms with Crippen molar-refractivity contribution in [3.05, 3.63) is 29.8 Å². The molecular formula is C19H28N4O2. The summed E-state index contributed by atoms with van der Waals surface area (Å²) in [4.78, 5) is 26.7. The molecule has 2 fully saturated rings. The first kappa shape index (κ1) is 17.7. The zero-order valence-corrected chi connectivity index (χ0v) is 14.9. The lowest BCUT2D eigenvalue weighted by molar-refractivity contribution is 0.0956. The van der Waals surface area contributed by atoms with Gasteiger partial charge in [0.2, 0.25) is 0 Å². The number of carbonyl (C=O) groups is 2. The predicted molar refractivity (Wildman–Crippen MR) is 98.8 cm³/mol. The van der Waals surface area contributed by atoms with E-state index in [1.54, 1.807) is 24.3 Å². The maximum Gasteiger partial charge on any atom is 0.319 e. The summed E-state index contributed by atoms with van der Waals surface area (Å²) in [5.74, 6) is -0.130. The minimum atomic E-state index is -0.202. The second kappa shape index (κ2) is 8.34. The van der Waals surface area contributed by atoms with E-state index in [2.05, 4.69) is 20.9 Å². The number of likely N-dealkylation sites (tertiary alicyclic amines) is 1. The van der Waals surface area contributed by atoms with Gasteiger partial charge in [0.1, 0.15) is 0 Å². The standard InChI is InChI=1S/C19H28N4O2/c1-2-20-18(24)14-6-5-7-15(12-14)21-19(25)22-16-10-11-23(13-16)17-8-3-4-9-17/h5-7,12,16-17H,2-4,8-11,13H2,1H3,(H,20,24)(H2,21,22,25)/t16-/m1/s1. The number of nitrogens with zero attached hydrogens (tertiary/aromatic N) is 1. The van der Waals surface area contributed by atoms with Gasteiger partial charge in [0.15, 0.2) is 0 Å². The Balaban J connectivity index is 1.49. The first-order valence-corrected chi connectivity index (χ1v) is 9.35. The van der Waals surface area contributed by atoms with Crippen molar-refractivity contribution in [3.63, 3.8) is 0 Å². The van der Waals surface area contributed by atoms with Crippen LogP contribution in [0.5, 0.6) is 0 Å². The van der Waals surface area contributed by atoms with Crippen LogP contribution in [0.1, 0.15) is 49.4 Å². The van der Waals surface area contributed by atoms with Crippen molar-refractivity contribution >= 4 is 17.6 Å². The predicted octanol–water partition coefficient (Wildman–Crippen LogP) is 2.57. The van der Waals surface area contributed by atoms with E-state index in [1.807, 2.05) is 6.92 Å². The van der Waals surface area contributed by atoms with E-state index in [0.717, 1.165) is 19.5 Å². The summed E-state index contributed by atoms with van der Waals surface area (Å²) in [5, 5.41) is 8.66. The fraction of sp³-hybridized carbons (Fsp3) is 0.579. The van der Waals surface area contributed by atoms with E-state index in [0.29, 0.717) is 23.8 Å². The van der Waals surface area contributed by atoms with E-state index < -0.39 is 0 Å². The fourth-order valence-corrected chi connectivity index (χ4v) is 3.86. The molecule has 3 rings (SSSR count). The molecule has 1 aromatic carbocycles.